The molecule has 1 aliphatic rings. The molecule has 1 aromatic carbocycles. The molecule has 1 fully saturated rings. The Balaban J connectivity index is 2.01. The minimum Gasteiger partial charge on any atom is -0.381 e. The molecule has 0 spiro atoms. The average molecular weight is 334 g/mol. The van der Waals surface area contributed by atoms with Gasteiger partial charge >= 0.3 is 0 Å². The lowest BCUT2D eigenvalue weighted by Gasteiger charge is -2.22. The molecular weight excluding hydrogens is 318 g/mol. The van der Waals surface area contributed by atoms with Crippen LogP contribution in [-0.2, 0) is 14.8 Å². The molecule has 4 nitrogen and oxygen atoms in total. The van der Waals surface area contributed by atoms with Crippen molar-refractivity contribution in [1.82, 2.24) is 4.72 Å². The molecule has 1 saturated heterocycles. The first-order valence-corrected chi connectivity index (χ1v) is 8.19. The zero-order chi connectivity index (χ0) is 13.0. The number of sulfonamides is 1. The van der Waals surface area contributed by atoms with Crippen LogP contribution in [0.15, 0.2) is 33.6 Å². The zero-order valence-electron chi connectivity index (χ0n) is 9.93. The molecule has 0 aromatic heterocycles. The van der Waals surface area contributed by atoms with E-state index >= 15 is 0 Å². The number of ether oxygens (including phenoxy) is 1. The van der Waals surface area contributed by atoms with Gasteiger partial charge in [-0.2, -0.15) is 0 Å². The zero-order valence-corrected chi connectivity index (χ0v) is 12.3. The molecular formula is C12H16BrNO3S. The first kappa shape index (κ1) is 14.0. The van der Waals surface area contributed by atoms with Crippen molar-refractivity contribution in [3.8, 4) is 0 Å². The molecule has 0 bridgehead atoms. The molecule has 18 heavy (non-hydrogen) atoms. The maximum Gasteiger partial charge on any atom is 0.241 e. The highest BCUT2D eigenvalue weighted by Crippen LogP contribution is 2.21. The van der Waals surface area contributed by atoms with Gasteiger partial charge in [0, 0.05) is 17.6 Å². The maximum absolute atomic E-state index is 12.1. The fourth-order valence-corrected chi connectivity index (χ4v) is 4.05. The highest BCUT2D eigenvalue weighted by atomic mass is 79.9. The highest BCUT2D eigenvalue weighted by molar-refractivity contribution is 9.10. The summed E-state index contributed by atoms with van der Waals surface area (Å²) in [4.78, 5) is 0.279. The first-order chi connectivity index (χ1) is 8.59. The minimum atomic E-state index is -3.44. The van der Waals surface area contributed by atoms with E-state index in [-0.39, 0.29) is 10.8 Å². The summed E-state index contributed by atoms with van der Waals surface area (Å²) in [5, 5.41) is 0. The third-order valence-corrected chi connectivity index (χ3v) is 5.38. The summed E-state index contributed by atoms with van der Waals surface area (Å²) in [5.41, 5.74) is 0. The molecule has 2 rings (SSSR count). The van der Waals surface area contributed by atoms with E-state index < -0.39 is 10.0 Å². The van der Waals surface area contributed by atoms with Gasteiger partial charge in [0.05, 0.1) is 11.5 Å². The topological polar surface area (TPSA) is 55.4 Å². The largest absolute Gasteiger partial charge is 0.381 e. The lowest BCUT2D eigenvalue weighted by atomic mass is 10.0. The number of nitrogens with one attached hydrogen (secondary N) is 1. The quantitative estimate of drug-likeness (QED) is 0.918. The minimum absolute atomic E-state index is 0.274. The van der Waals surface area contributed by atoms with E-state index in [4.69, 9.17) is 4.74 Å². The summed E-state index contributed by atoms with van der Waals surface area (Å²) in [6, 6.07) is 6.81. The summed E-state index contributed by atoms with van der Waals surface area (Å²) >= 11 is 3.25. The third-order valence-electron chi connectivity index (χ3n) is 2.94. The van der Waals surface area contributed by atoms with Gasteiger partial charge in [0.25, 0.3) is 0 Å². The molecule has 6 heteroatoms. The Morgan fingerprint density at radius 1 is 1.39 bits per heavy atom. The predicted octanol–water partition coefficient (Wildman–Crippen LogP) is 2.15. The molecule has 1 atom stereocenters. The Labute approximate surface area is 116 Å². The van der Waals surface area contributed by atoms with E-state index in [0.717, 1.165) is 19.4 Å². The van der Waals surface area contributed by atoms with Gasteiger partial charge in [-0.05, 0) is 46.8 Å². The Morgan fingerprint density at radius 3 is 2.83 bits per heavy atom. The standard InChI is InChI=1S/C12H16BrNO3S/c13-11-5-1-2-6-12(11)18(15,16)14-8-10-4-3-7-17-9-10/h1-2,5-6,10,14H,3-4,7-9H2. The molecule has 1 aliphatic heterocycles. The molecule has 1 heterocycles. The average Bonchev–Trinajstić information content (AvgIpc) is 2.38. The second-order valence-corrected chi connectivity index (χ2v) is 6.96. The van der Waals surface area contributed by atoms with Gasteiger partial charge in [-0.25, -0.2) is 13.1 Å². The number of hydrogen-bond acceptors (Lipinski definition) is 3. The lowest BCUT2D eigenvalue weighted by Crippen LogP contribution is -2.33. The number of hydrogen-bond donors (Lipinski definition) is 1. The van der Waals surface area contributed by atoms with Crippen molar-refractivity contribution in [3.05, 3.63) is 28.7 Å². The van der Waals surface area contributed by atoms with Gasteiger partial charge in [-0.3, -0.25) is 0 Å². The van der Waals surface area contributed by atoms with Crippen molar-refractivity contribution in [3.63, 3.8) is 0 Å². The molecule has 1 N–H and O–H groups in total. The highest BCUT2D eigenvalue weighted by Gasteiger charge is 2.20. The molecule has 1 unspecified atom stereocenters. The molecule has 100 valence electrons. The Kier molecular flexibility index (Phi) is 4.77. The molecule has 0 amide bonds. The van der Waals surface area contributed by atoms with Gasteiger partial charge in [0.2, 0.25) is 10.0 Å². The summed E-state index contributed by atoms with van der Waals surface area (Å²) in [7, 11) is -3.44. The Morgan fingerprint density at radius 2 is 2.17 bits per heavy atom. The van der Waals surface area contributed by atoms with Crippen LogP contribution >= 0.6 is 15.9 Å². The van der Waals surface area contributed by atoms with Crippen LogP contribution in [0.2, 0.25) is 0 Å². The fraction of sp³-hybridized carbons (Fsp3) is 0.500. The Hall–Kier alpha value is -0.430. The van der Waals surface area contributed by atoms with Crippen molar-refractivity contribution >= 4 is 26.0 Å². The second kappa shape index (κ2) is 6.14. The Bertz CT molecular complexity index is 498. The summed E-state index contributed by atoms with van der Waals surface area (Å²) in [6.07, 6.45) is 2.01. The van der Waals surface area contributed by atoms with E-state index in [9.17, 15) is 8.42 Å². The maximum atomic E-state index is 12.1. The van der Waals surface area contributed by atoms with E-state index in [1.165, 1.54) is 0 Å². The smallest absolute Gasteiger partial charge is 0.241 e. The molecule has 0 radical (unpaired) electrons. The SMILES string of the molecule is O=S(=O)(NCC1CCCOC1)c1ccccc1Br. The molecule has 1 aromatic rings. The van der Waals surface area contributed by atoms with Crippen LogP contribution in [0.1, 0.15) is 12.8 Å². The fourth-order valence-electron chi connectivity index (χ4n) is 1.94. The number of halogens is 1. The van der Waals surface area contributed by atoms with Crippen LogP contribution in [0.4, 0.5) is 0 Å². The normalized spacial score (nSPS) is 20.8. The second-order valence-electron chi connectivity index (χ2n) is 4.37. The van der Waals surface area contributed by atoms with Gasteiger partial charge in [-0.1, -0.05) is 12.1 Å². The van der Waals surface area contributed by atoms with Crippen molar-refractivity contribution in [1.29, 1.82) is 0 Å². The first-order valence-electron chi connectivity index (χ1n) is 5.91. The number of rotatable bonds is 4. The van der Waals surface area contributed by atoms with Crippen molar-refractivity contribution < 1.29 is 13.2 Å². The third kappa shape index (κ3) is 3.54. The van der Waals surface area contributed by atoms with Crippen LogP contribution in [-0.4, -0.2) is 28.2 Å². The summed E-state index contributed by atoms with van der Waals surface area (Å²) < 4.78 is 32.8. The van der Waals surface area contributed by atoms with Crippen LogP contribution in [0, 0.1) is 5.92 Å². The van der Waals surface area contributed by atoms with Crippen LogP contribution in [0.3, 0.4) is 0 Å². The molecule has 0 aliphatic carbocycles. The lowest BCUT2D eigenvalue weighted by molar-refractivity contribution is 0.0568. The van der Waals surface area contributed by atoms with Crippen LogP contribution in [0.5, 0.6) is 0 Å². The van der Waals surface area contributed by atoms with Crippen LogP contribution in [0.25, 0.3) is 0 Å². The monoisotopic (exact) mass is 333 g/mol. The van der Waals surface area contributed by atoms with Crippen molar-refractivity contribution in [2.75, 3.05) is 19.8 Å². The van der Waals surface area contributed by atoms with Crippen LogP contribution < -0.4 is 4.72 Å². The summed E-state index contributed by atoms with van der Waals surface area (Å²) in [5.74, 6) is 0.274. The van der Waals surface area contributed by atoms with Crippen molar-refractivity contribution in [2.45, 2.75) is 17.7 Å². The van der Waals surface area contributed by atoms with E-state index in [0.29, 0.717) is 17.6 Å². The van der Waals surface area contributed by atoms with Crippen molar-refractivity contribution in [2.24, 2.45) is 5.92 Å². The van der Waals surface area contributed by atoms with Gasteiger partial charge < -0.3 is 4.74 Å². The van der Waals surface area contributed by atoms with Gasteiger partial charge in [0.1, 0.15) is 0 Å². The number of benzene rings is 1. The van der Waals surface area contributed by atoms with Gasteiger partial charge in [-0.15, -0.1) is 0 Å². The van der Waals surface area contributed by atoms with E-state index in [1.54, 1.807) is 24.3 Å². The summed E-state index contributed by atoms with van der Waals surface area (Å²) in [6.45, 7) is 1.86. The molecule has 0 saturated carbocycles. The van der Waals surface area contributed by atoms with E-state index in [1.807, 2.05) is 0 Å². The van der Waals surface area contributed by atoms with E-state index in [2.05, 4.69) is 20.7 Å². The predicted molar refractivity (Wildman–Crippen MR) is 72.9 cm³/mol. The van der Waals surface area contributed by atoms with Gasteiger partial charge in [0.15, 0.2) is 0 Å².